The van der Waals surface area contributed by atoms with E-state index in [1.807, 2.05) is 0 Å². The fraction of sp³-hybridized carbons (Fsp3) is 0.316. The van der Waals surface area contributed by atoms with E-state index in [2.05, 4.69) is 5.32 Å². The van der Waals surface area contributed by atoms with Crippen LogP contribution in [0, 0.1) is 0 Å². The number of hydrogen-bond donors (Lipinski definition) is 1. The number of para-hydroxylation sites is 1. The van der Waals surface area contributed by atoms with Gasteiger partial charge in [-0.3, -0.25) is 9.59 Å². The van der Waals surface area contributed by atoms with Gasteiger partial charge in [0.1, 0.15) is 10.8 Å². The van der Waals surface area contributed by atoms with Crippen molar-refractivity contribution >= 4 is 34.1 Å². The largest absolute Gasteiger partial charge is 0.496 e. The van der Waals surface area contributed by atoms with E-state index >= 15 is 0 Å². The molecule has 0 unspecified atom stereocenters. The molecule has 2 amide bonds. The number of carbonyl (C=O) groups excluding carboxylic acids is 3. The Labute approximate surface area is 160 Å². The molecule has 1 N–H and O–H groups in total. The van der Waals surface area contributed by atoms with Crippen molar-refractivity contribution in [1.82, 2.24) is 4.90 Å². The highest BCUT2D eigenvalue weighted by Gasteiger charge is 2.30. The van der Waals surface area contributed by atoms with Gasteiger partial charge in [0.05, 0.1) is 31.9 Å². The molecule has 27 heavy (non-hydrogen) atoms. The number of benzene rings is 1. The number of ether oxygens (including phenoxy) is 2. The number of anilines is 1. The lowest BCUT2D eigenvalue weighted by Gasteiger charge is -2.25. The number of rotatable bonds is 4. The van der Waals surface area contributed by atoms with E-state index in [0.29, 0.717) is 41.4 Å². The molecular weight excluding hydrogens is 368 g/mol. The molecule has 1 aromatic heterocycles. The molecule has 142 valence electrons. The molecule has 0 radical (unpaired) electrons. The molecule has 2 heterocycles. The van der Waals surface area contributed by atoms with Crippen LogP contribution in [-0.2, 0) is 22.5 Å². The number of hydrogen-bond acceptors (Lipinski definition) is 6. The summed E-state index contributed by atoms with van der Waals surface area (Å²) in [5.41, 5.74) is 1.57. The lowest BCUT2D eigenvalue weighted by Crippen LogP contribution is -2.33. The molecule has 1 aliphatic rings. The average molecular weight is 388 g/mol. The van der Waals surface area contributed by atoms with Crippen LogP contribution in [0.2, 0.25) is 0 Å². The summed E-state index contributed by atoms with van der Waals surface area (Å²) in [5.74, 6) is -0.453. The molecule has 0 bridgehead atoms. The smallest absolute Gasteiger partial charge is 0.341 e. The van der Waals surface area contributed by atoms with E-state index in [0.717, 1.165) is 10.4 Å². The Bertz CT molecular complexity index is 906. The van der Waals surface area contributed by atoms with Crippen LogP contribution in [0.1, 0.15) is 38.1 Å². The van der Waals surface area contributed by atoms with Crippen molar-refractivity contribution in [3.8, 4) is 5.75 Å². The Morgan fingerprint density at radius 1 is 1.19 bits per heavy atom. The van der Waals surface area contributed by atoms with Gasteiger partial charge in [0.15, 0.2) is 0 Å². The molecule has 1 aliphatic heterocycles. The topological polar surface area (TPSA) is 84.9 Å². The summed E-state index contributed by atoms with van der Waals surface area (Å²) in [4.78, 5) is 39.4. The predicted molar refractivity (Wildman–Crippen MR) is 101 cm³/mol. The van der Waals surface area contributed by atoms with Gasteiger partial charge < -0.3 is 19.7 Å². The molecule has 0 atom stereocenters. The van der Waals surface area contributed by atoms with Crippen molar-refractivity contribution in [3.63, 3.8) is 0 Å². The average Bonchev–Trinajstić information content (AvgIpc) is 3.03. The zero-order valence-electron chi connectivity index (χ0n) is 15.3. The van der Waals surface area contributed by atoms with Crippen molar-refractivity contribution in [2.75, 3.05) is 26.1 Å². The lowest BCUT2D eigenvalue weighted by molar-refractivity contribution is -0.129. The number of methoxy groups -OCH3 is 2. The molecule has 2 aromatic rings. The summed E-state index contributed by atoms with van der Waals surface area (Å²) in [6, 6.07) is 6.86. The molecule has 1 aromatic carbocycles. The molecule has 0 spiro atoms. The zero-order chi connectivity index (χ0) is 19.6. The summed E-state index contributed by atoms with van der Waals surface area (Å²) >= 11 is 1.30. The van der Waals surface area contributed by atoms with Crippen molar-refractivity contribution < 1.29 is 23.9 Å². The number of nitrogens with one attached hydrogen (secondary N) is 1. The van der Waals surface area contributed by atoms with Crippen LogP contribution >= 0.6 is 11.3 Å². The highest BCUT2D eigenvalue weighted by atomic mass is 32.1. The molecule has 8 heteroatoms. The molecule has 0 fully saturated rings. The number of nitrogens with zero attached hydrogens (tertiary/aromatic N) is 1. The number of amides is 2. The molecule has 3 rings (SSSR count). The summed E-state index contributed by atoms with van der Waals surface area (Å²) in [6.45, 7) is 2.47. The van der Waals surface area contributed by atoms with Crippen LogP contribution < -0.4 is 10.1 Å². The summed E-state index contributed by atoms with van der Waals surface area (Å²) in [5, 5.41) is 3.24. The van der Waals surface area contributed by atoms with E-state index in [1.54, 1.807) is 29.2 Å². The first kappa shape index (κ1) is 18.9. The SMILES string of the molecule is COC(=O)c1c(NC(=O)c2ccccc2OC)sc2c1CCN(C(C)=O)C2. The Hall–Kier alpha value is -2.87. The van der Waals surface area contributed by atoms with E-state index in [4.69, 9.17) is 9.47 Å². The van der Waals surface area contributed by atoms with Crippen LogP contribution in [0.5, 0.6) is 5.75 Å². The van der Waals surface area contributed by atoms with E-state index < -0.39 is 5.97 Å². The lowest BCUT2D eigenvalue weighted by atomic mass is 10.0. The van der Waals surface area contributed by atoms with Gasteiger partial charge in [-0.15, -0.1) is 11.3 Å². The third kappa shape index (κ3) is 3.66. The van der Waals surface area contributed by atoms with Gasteiger partial charge in [-0.25, -0.2) is 4.79 Å². The van der Waals surface area contributed by atoms with Gasteiger partial charge in [-0.1, -0.05) is 12.1 Å². The Kier molecular flexibility index (Phi) is 5.46. The zero-order valence-corrected chi connectivity index (χ0v) is 16.1. The maximum absolute atomic E-state index is 12.7. The van der Waals surface area contributed by atoms with E-state index in [1.165, 1.54) is 32.5 Å². The van der Waals surface area contributed by atoms with Gasteiger partial charge >= 0.3 is 5.97 Å². The van der Waals surface area contributed by atoms with Gasteiger partial charge in [0, 0.05) is 18.3 Å². The summed E-state index contributed by atoms with van der Waals surface area (Å²) in [6.07, 6.45) is 0.542. The normalized spacial score (nSPS) is 12.9. The first-order valence-electron chi connectivity index (χ1n) is 8.39. The number of carbonyl (C=O) groups is 3. The van der Waals surface area contributed by atoms with E-state index in [-0.39, 0.29) is 11.8 Å². The first-order valence-corrected chi connectivity index (χ1v) is 9.20. The van der Waals surface area contributed by atoms with Crippen molar-refractivity contribution in [1.29, 1.82) is 0 Å². The van der Waals surface area contributed by atoms with Crippen LogP contribution in [0.3, 0.4) is 0 Å². The standard InChI is InChI=1S/C19H20N2O5S/c1-11(22)21-9-8-13-15(10-21)27-18(16(13)19(24)26-3)20-17(23)12-6-4-5-7-14(12)25-2/h4-7H,8-10H2,1-3H3,(H,20,23). The fourth-order valence-corrected chi connectivity index (χ4v) is 4.33. The second-order valence-electron chi connectivity index (χ2n) is 6.04. The van der Waals surface area contributed by atoms with Crippen molar-refractivity contribution in [2.24, 2.45) is 0 Å². The number of fused-ring (bicyclic) bond motifs is 1. The van der Waals surface area contributed by atoms with Crippen molar-refractivity contribution in [3.05, 3.63) is 45.8 Å². The Balaban J connectivity index is 1.96. The third-order valence-electron chi connectivity index (χ3n) is 4.47. The van der Waals surface area contributed by atoms with Crippen LogP contribution in [0.15, 0.2) is 24.3 Å². The maximum Gasteiger partial charge on any atom is 0.341 e. The molecule has 0 saturated heterocycles. The Morgan fingerprint density at radius 3 is 2.59 bits per heavy atom. The molecular formula is C19H20N2O5S. The second-order valence-corrected chi connectivity index (χ2v) is 7.15. The van der Waals surface area contributed by atoms with Gasteiger partial charge in [0.25, 0.3) is 5.91 Å². The first-order chi connectivity index (χ1) is 13.0. The Morgan fingerprint density at radius 2 is 1.93 bits per heavy atom. The maximum atomic E-state index is 12.7. The minimum absolute atomic E-state index is 0.0201. The second kappa shape index (κ2) is 7.79. The molecule has 7 nitrogen and oxygen atoms in total. The fourth-order valence-electron chi connectivity index (χ4n) is 3.08. The predicted octanol–water partition coefficient (Wildman–Crippen LogP) is 2.70. The number of esters is 1. The summed E-state index contributed by atoms with van der Waals surface area (Å²) in [7, 11) is 2.80. The van der Waals surface area contributed by atoms with E-state index in [9.17, 15) is 14.4 Å². The van der Waals surface area contributed by atoms with Gasteiger partial charge in [-0.05, 0) is 24.1 Å². The highest BCUT2D eigenvalue weighted by Crippen LogP contribution is 2.38. The highest BCUT2D eigenvalue weighted by molar-refractivity contribution is 7.17. The van der Waals surface area contributed by atoms with Crippen LogP contribution in [0.4, 0.5) is 5.00 Å². The van der Waals surface area contributed by atoms with Crippen LogP contribution in [0.25, 0.3) is 0 Å². The van der Waals surface area contributed by atoms with Gasteiger partial charge in [0.2, 0.25) is 5.91 Å². The third-order valence-corrected chi connectivity index (χ3v) is 5.60. The van der Waals surface area contributed by atoms with Gasteiger partial charge in [-0.2, -0.15) is 0 Å². The number of thiophene rings is 1. The quantitative estimate of drug-likeness (QED) is 0.814. The van der Waals surface area contributed by atoms with Crippen molar-refractivity contribution in [2.45, 2.75) is 19.9 Å². The molecule has 0 saturated carbocycles. The minimum Gasteiger partial charge on any atom is -0.496 e. The van der Waals surface area contributed by atoms with Crippen LogP contribution in [-0.4, -0.2) is 43.4 Å². The molecule has 0 aliphatic carbocycles. The minimum atomic E-state index is -0.501. The monoisotopic (exact) mass is 388 g/mol. The summed E-state index contributed by atoms with van der Waals surface area (Å²) < 4.78 is 10.2.